The summed E-state index contributed by atoms with van der Waals surface area (Å²) in [6, 6.07) is 0. The molecule has 0 spiro atoms. The first kappa shape index (κ1) is 17.9. The predicted molar refractivity (Wildman–Crippen MR) is 49.8 cm³/mol. The number of hydrogen-bond acceptors (Lipinski definition) is 0. The van der Waals surface area contributed by atoms with Crippen molar-refractivity contribution < 1.29 is 26.2 Å². The largest absolute Gasteiger partial charge is 0.269 e. The molecule has 0 saturated heterocycles. The van der Waals surface area contributed by atoms with Crippen LogP contribution in [0.3, 0.4) is 0 Å². The van der Waals surface area contributed by atoms with Gasteiger partial charge in [0.2, 0.25) is 0 Å². The standard InChI is InChI=1S/C8H11.2ClH.Zr/c1-7(2)8-5-3-4-6-8;;;/h3,5,7H,4H2,1-2H3;2*1H;/q-1;;;. The van der Waals surface area contributed by atoms with E-state index in [1.807, 2.05) is 0 Å². The van der Waals surface area contributed by atoms with E-state index >= 15 is 0 Å². The molecule has 0 amide bonds. The zero-order chi connectivity index (χ0) is 5.98. The van der Waals surface area contributed by atoms with Crippen molar-refractivity contribution in [2.24, 2.45) is 5.92 Å². The third-order valence-corrected chi connectivity index (χ3v) is 1.34. The Bertz CT molecular complexity index is 139. The number of halogens is 2. The summed E-state index contributed by atoms with van der Waals surface area (Å²) in [6.07, 6.45) is 8.59. The van der Waals surface area contributed by atoms with Crippen molar-refractivity contribution in [2.45, 2.75) is 20.3 Å². The van der Waals surface area contributed by atoms with Gasteiger partial charge in [-0.05, 0) is 0 Å². The van der Waals surface area contributed by atoms with Gasteiger partial charge in [-0.3, -0.25) is 6.08 Å². The third kappa shape index (κ3) is 6.14. The maximum absolute atomic E-state index is 3.26. The molecule has 0 heterocycles. The Morgan fingerprint density at radius 3 is 2.09 bits per heavy atom. The first-order valence-electron chi connectivity index (χ1n) is 3.08. The van der Waals surface area contributed by atoms with Crippen molar-refractivity contribution >= 4 is 24.8 Å². The van der Waals surface area contributed by atoms with Gasteiger partial charge in [-0.15, -0.1) is 31.2 Å². The van der Waals surface area contributed by atoms with Crippen LogP contribution in [0.4, 0.5) is 0 Å². The predicted octanol–water partition coefficient (Wildman–Crippen LogP) is 3.17. The molecule has 0 radical (unpaired) electrons. The molecule has 1 aliphatic rings. The molecule has 0 aromatic heterocycles. The Kier molecular flexibility index (Phi) is 14.7. The maximum Gasteiger partial charge on any atom is 0 e. The molecule has 0 aromatic rings. The summed E-state index contributed by atoms with van der Waals surface area (Å²) < 4.78 is 0. The minimum absolute atomic E-state index is 0. The van der Waals surface area contributed by atoms with E-state index in [-0.39, 0.29) is 51.0 Å². The zero-order valence-electron chi connectivity index (χ0n) is 6.76. The van der Waals surface area contributed by atoms with Crippen LogP contribution in [-0.2, 0) is 26.2 Å². The molecule has 0 bridgehead atoms. The van der Waals surface area contributed by atoms with E-state index in [0.29, 0.717) is 5.92 Å². The quantitative estimate of drug-likeness (QED) is 0.643. The average Bonchev–Trinajstić information content (AvgIpc) is 2.12. The van der Waals surface area contributed by atoms with Gasteiger partial charge in [0.1, 0.15) is 0 Å². The number of rotatable bonds is 1. The zero-order valence-corrected chi connectivity index (χ0v) is 10.8. The number of allylic oxidation sites excluding steroid dienone is 4. The summed E-state index contributed by atoms with van der Waals surface area (Å²) in [6.45, 7) is 4.38. The molecule has 0 nitrogen and oxygen atoms in total. The van der Waals surface area contributed by atoms with E-state index in [0.717, 1.165) is 6.42 Å². The van der Waals surface area contributed by atoms with Crippen LogP contribution in [-0.4, -0.2) is 0 Å². The van der Waals surface area contributed by atoms with Crippen LogP contribution >= 0.6 is 24.8 Å². The number of hydrogen-bond donors (Lipinski definition) is 0. The molecule has 0 aromatic carbocycles. The minimum atomic E-state index is 0. The fourth-order valence-corrected chi connectivity index (χ4v) is 0.818. The van der Waals surface area contributed by atoms with Crippen molar-refractivity contribution in [1.82, 2.24) is 0 Å². The molecule has 64 valence electrons. The van der Waals surface area contributed by atoms with Gasteiger partial charge < -0.3 is 0 Å². The van der Waals surface area contributed by atoms with Crippen LogP contribution in [0.15, 0.2) is 17.7 Å². The molecule has 11 heavy (non-hydrogen) atoms. The smallest absolute Gasteiger partial charge is 0 e. The third-order valence-electron chi connectivity index (χ3n) is 1.34. The monoisotopic (exact) mass is 269 g/mol. The van der Waals surface area contributed by atoms with Crippen molar-refractivity contribution in [1.29, 1.82) is 0 Å². The molecule has 0 N–H and O–H groups in total. The molecule has 0 fully saturated rings. The van der Waals surface area contributed by atoms with Gasteiger partial charge in [0, 0.05) is 26.2 Å². The van der Waals surface area contributed by atoms with Crippen molar-refractivity contribution in [3.8, 4) is 0 Å². The summed E-state index contributed by atoms with van der Waals surface area (Å²) in [5, 5.41) is 0. The summed E-state index contributed by atoms with van der Waals surface area (Å²) in [5.74, 6) is 0.661. The Morgan fingerprint density at radius 2 is 1.91 bits per heavy atom. The first-order valence-corrected chi connectivity index (χ1v) is 3.08. The van der Waals surface area contributed by atoms with E-state index < -0.39 is 0 Å². The van der Waals surface area contributed by atoms with Crippen molar-refractivity contribution in [2.75, 3.05) is 0 Å². The van der Waals surface area contributed by atoms with E-state index in [4.69, 9.17) is 0 Å². The molecule has 0 aliphatic heterocycles. The van der Waals surface area contributed by atoms with Crippen molar-refractivity contribution in [3.63, 3.8) is 0 Å². The van der Waals surface area contributed by atoms with Gasteiger partial charge in [0.15, 0.2) is 0 Å². The second kappa shape index (κ2) is 9.03. The van der Waals surface area contributed by atoms with Gasteiger partial charge in [0.25, 0.3) is 0 Å². The molecule has 0 atom stereocenters. The molecular weight excluding hydrogens is 258 g/mol. The van der Waals surface area contributed by atoms with Crippen LogP contribution < -0.4 is 0 Å². The Balaban J connectivity index is -0.000000213. The second-order valence-corrected chi connectivity index (χ2v) is 2.39. The summed E-state index contributed by atoms with van der Waals surface area (Å²) >= 11 is 0. The van der Waals surface area contributed by atoms with Gasteiger partial charge in [-0.2, -0.15) is 6.08 Å². The van der Waals surface area contributed by atoms with E-state index in [2.05, 4.69) is 32.1 Å². The van der Waals surface area contributed by atoms with Crippen molar-refractivity contribution in [3.05, 3.63) is 23.8 Å². The fraction of sp³-hybridized carbons (Fsp3) is 0.500. The average molecular weight is 271 g/mol. The normalized spacial score (nSPS) is 12.8. The second-order valence-electron chi connectivity index (χ2n) is 2.39. The summed E-state index contributed by atoms with van der Waals surface area (Å²) in [5.41, 5.74) is 1.37. The summed E-state index contributed by atoms with van der Waals surface area (Å²) in [4.78, 5) is 0. The van der Waals surface area contributed by atoms with E-state index in [1.54, 1.807) is 0 Å². The molecule has 3 heteroatoms. The van der Waals surface area contributed by atoms with Crippen LogP contribution in [0.5, 0.6) is 0 Å². The Morgan fingerprint density at radius 1 is 1.36 bits per heavy atom. The molecule has 1 rings (SSSR count). The van der Waals surface area contributed by atoms with Gasteiger partial charge in [-0.1, -0.05) is 19.8 Å². The van der Waals surface area contributed by atoms with Gasteiger partial charge in [0.05, 0.1) is 0 Å². The topological polar surface area (TPSA) is 0 Å². The molecule has 1 aliphatic carbocycles. The van der Waals surface area contributed by atoms with Crippen LogP contribution in [0, 0.1) is 12.0 Å². The van der Waals surface area contributed by atoms with Crippen LogP contribution in [0.1, 0.15) is 20.3 Å². The van der Waals surface area contributed by atoms with Gasteiger partial charge in [-0.25, -0.2) is 11.6 Å². The van der Waals surface area contributed by atoms with E-state index in [1.165, 1.54) is 5.57 Å². The van der Waals surface area contributed by atoms with Crippen LogP contribution in [0.2, 0.25) is 0 Å². The fourth-order valence-electron chi connectivity index (χ4n) is 0.818. The van der Waals surface area contributed by atoms with Crippen LogP contribution in [0.25, 0.3) is 0 Å². The summed E-state index contributed by atoms with van der Waals surface area (Å²) in [7, 11) is 0. The minimum Gasteiger partial charge on any atom is -0.269 e. The Labute approximate surface area is 100 Å². The maximum atomic E-state index is 3.26. The van der Waals surface area contributed by atoms with E-state index in [9.17, 15) is 0 Å². The first-order chi connectivity index (χ1) is 3.80. The Hall–Kier alpha value is 0.943. The van der Waals surface area contributed by atoms with Gasteiger partial charge >= 0.3 is 0 Å². The molecule has 0 saturated carbocycles. The SMILES string of the molecule is CC(C)C1=[C-]CC=C1.Cl.Cl.[Zr]. The molecular formula is C8H13Cl2Zr-. The molecule has 0 unspecified atom stereocenters.